The van der Waals surface area contributed by atoms with Gasteiger partial charge in [-0.05, 0) is 13.0 Å². The van der Waals surface area contributed by atoms with Crippen LogP contribution in [0.25, 0.3) is 0 Å². The van der Waals surface area contributed by atoms with Gasteiger partial charge in [-0.2, -0.15) is 0 Å². The second-order valence-corrected chi connectivity index (χ2v) is 3.61. The summed E-state index contributed by atoms with van der Waals surface area (Å²) >= 11 is 5.76. The van der Waals surface area contributed by atoms with Crippen LogP contribution in [-0.4, -0.2) is 29.8 Å². The molecular weight excluding hydrogens is 202 g/mol. The molecule has 0 bridgehead atoms. The third-order valence-corrected chi connectivity index (χ3v) is 2.28. The van der Waals surface area contributed by atoms with E-state index in [9.17, 15) is 0 Å². The first-order chi connectivity index (χ1) is 6.54. The number of rotatable bonds is 3. The lowest BCUT2D eigenvalue weighted by atomic mass is 10.3. The molecule has 1 aromatic heterocycles. The van der Waals surface area contributed by atoms with Gasteiger partial charge in [-0.15, -0.1) is 0 Å². The summed E-state index contributed by atoms with van der Waals surface area (Å²) in [6.07, 6.45) is 0. The summed E-state index contributed by atoms with van der Waals surface area (Å²) in [5, 5.41) is 9.33. The molecule has 1 atom stereocenters. The molecule has 1 rings (SSSR count). The average Bonchev–Trinajstić information content (AvgIpc) is 2.14. The number of aliphatic hydroxyl groups excluding tert-OH is 1. The van der Waals surface area contributed by atoms with E-state index in [0.717, 1.165) is 0 Å². The van der Waals surface area contributed by atoms with Crippen molar-refractivity contribution in [3.05, 3.63) is 17.3 Å². The summed E-state index contributed by atoms with van der Waals surface area (Å²) in [6.45, 7) is 1.95. The topological polar surface area (TPSA) is 62.4 Å². The first-order valence-electron chi connectivity index (χ1n) is 4.31. The van der Waals surface area contributed by atoms with Crippen LogP contribution in [0.3, 0.4) is 0 Å². The molecule has 0 fully saturated rings. The maximum absolute atomic E-state index is 8.97. The number of halogens is 1. The number of nitrogen functional groups attached to an aromatic ring is 1. The van der Waals surface area contributed by atoms with Crippen LogP contribution in [-0.2, 0) is 0 Å². The van der Waals surface area contributed by atoms with E-state index in [-0.39, 0.29) is 12.6 Å². The van der Waals surface area contributed by atoms with E-state index in [4.69, 9.17) is 22.4 Å². The first-order valence-corrected chi connectivity index (χ1v) is 4.69. The summed E-state index contributed by atoms with van der Waals surface area (Å²) in [5.74, 6) is 0.663. The number of likely N-dealkylation sites (N-methyl/N-ethyl adjacent to an activating group) is 1. The van der Waals surface area contributed by atoms with Crippen LogP contribution in [0.15, 0.2) is 12.1 Å². The van der Waals surface area contributed by atoms with Gasteiger partial charge in [0.15, 0.2) is 0 Å². The zero-order chi connectivity index (χ0) is 10.7. The van der Waals surface area contributed by atoms with Crippen molar-refractivity contribution < 1.29 is 5.11 Å². The molecule has 0 saturated carbocycles. The lowest BCUT2D eigenvalue weighted by Crippen LogP contribution is -2.32. The summed E-state index contributed by atoms with van der Waals surface area (Å²) in [7, 11) is 1.83. The van der Waals surface area contributed by atoms with Crippen molar-refractivity contribution in [2.45, 2.75) is 13.0 Å². The van der Waals surface area contributed by atoms with Gasteiger partial charge >= 0.3 is 0 Å². The number of aromatic nitrogens is 1. The van der Waals surface area contributed by atoms with Crippen LogP contribution in [0, 0.1) is 0 Å². The van der Waals surface area contributed by atoms with Crippen molar-refractivity contribution in [3.8, 4) is 0 Å². The molecule has 1 heterocycles. The molecule has 0 aromatic carbocycles. The Balaban J connectivity index is 2.94. The minimum atomic E-state index is -0.0135. The highest BCUT2D eigenvalue weighted by molar-refractivity contribution is 6.29. The smallest absolute Gasteiger partial charge is 0.133 e. The summed E-state index contributed by atoms with van der Waals surface area (Å²) in [5.41, 5.74) is 6.19. The standard InChI is InChI=1S/C9H14ClN3O/c1-6(5-14)13(2)9-4-7(11)3-8(10)12-9/h3-4,6,14H,5H2,1-2H3,(H2,11,12). The Bertz CT molecular complexity index is 299. The van der Waals surface area contributed by atoms with Crippen LogP contribution < -0.4 is 10.6 Å². The van der Waals surface area contributed by atoms with Crippen LogP contribution in [0.2, 0.25) is 5.15 Å². The molecule has 0 amide bonds. The van der Waals surface area contributed by atoms with Crippen LogP contribution >= 0.6 is 11.6 Å². The number of nitrogens with two attached hydrogens (primary N) is 1. The Morgan fingerprint density at radius 3 is 2.79 bits per heavy atom. The number of nitrogens with zero attached hydrogens (tertiary/aromatic N) is 2. The van der Waals surface area contributed by atoms with Gasteiger partial charge < -0.3 is 15.7 Å². The van der Waals surface area contributed by atoms with E-state index in [1.807, 2.05) is 18.9 Å². The molecule has 14 heavy (non-hydrogen) atoms. The average molecular weight is 216 g/mol. The van der Waals surface area contributed by atoms with Crippen molar-refractivity contribution in [2.75, 3.05) is 24.3 Å². The molecule has 3 N–H and O–H groups in total. The number of hydrogen-bond acceptors (Lipinski definition) is 4. The highest BCUT2D eigenvalue weighted by Gasteiger charge is 2.10. The van der Waals surface area contributed by atoms with Gasteiger partial charge in [0.25, 0.3) is 0 Å². The molecule has 0 aliphatic carbocycles. The molecule has 1 aromatic rings. The maximum atomic E-state index is 8.97. The van der Waals surface area contributed by atoms with E-state index in [1.165, 1.54) is 0 Å². The molecule has 0 aliphatic heterocycles. The maximum Gasteiger partial charge on any atom is 0.133 e. The Hall–Kier alpha value is -1.00. The molecule has 1 unspecified atom stereocenters. The monoisotopic (exact) mass is 215 g/mol. The number of anilines is 2. The highest BCUT2D eigenvalue weighted by Crippen LogP contribution is 2.19. The molecule has 4 nitrogen and oxygen atoms in total. The number of aliphatic hydroxyl groups is 1. The predicted molar refractivity (Wildman–Crippen MR) is 58.6 cm³/mol. The van der Waals surface area contributed by atoms with Gasteiger partial charge in [0, 0.05) is 18.8 Å². The highest BCUT2D eigenvalue weighted by atomic mass is 35.5. The fraction of sp³-hybridized carbons (Fsp3) is 0.444. The lowest BCUT2D eigenvalue weighted by molar-refractivity contribution is 0.270. The summed E-state index contributed by atoms with van der Waals surface area (Å²) in [6, 6.07) is 3.29. The minimum Gasteiger partial charge on any atom is -0.399 e. The first kappa shape index (κ1) is 11.1. The van der Waals surface area contributed by atoms with Gasteiger partial charge in [0.05, 0.1) is 12.6 Å². The molecule has 5 heteroatoms. The van der Waals surface area contributed by atoms with Gasteiger partial charge in [-0.3, -0.25) is 0 Å². The number of pyridine rings is 1. The van der Waals surface area contributed by atoms with Crippen molar-refractivity contribution in [2.24, 2.45) is 0 Å². The quantitative estimate of drug-likeness (QED) is 0.743. The third-order valence-electron chi connectivity index (χ3n) is 2.09. The van der Waals surface area contributed by atoms with E-state index in [1.54, 1.807) is 12.1 Å². The van der Waals surface area contributed by atoms with E-state index in [0.29, 0.717) is 16.7 Å². The van der Waals surface area contributed by atoms with Gasteiger partial charge in [0.1, 0.15) is 11.0 Å². The van der Waals surface area contributed by atoms with Gasteiger partial charge in [-0.1, -0.05) is 11.6 Å². The van der Waals surface area contributed by atoms with Crippen molar-refractivity contribution >= 4 is 23.1 Å². The Labute approximate surface area is 88.3 Å². The molecule has 0 spiro atoms. The van der Waals surface area contributed by atoms with Crippen LogP contribution in [0.1, 0.15) is 6.92 Å². The predicted octanol–water partition coefficient (Wildman–Crippen LogP) is 1.13. The lowest BCUT2D eigenvalue weighted by Gasteiger charge is -2.24. The Morgan fingerprint density at radius 2 is 2.29 bits per heavy atom. The normalized spacial score (nSPS) is 12.6. The zero-order valence-electron chi connectivity index (χ0n) is 8.24. The summed E-state index contributed by atoms with van der Waals surface area (Å²) in [4.78, 5) is 5.92. The molecule has 0 radical (unpaired) electrons. The molecular formula is C9H14ClN3O. The number of hydrogen-bond donors (Lipinski definition) is 2. The summed E-state index contributed by atoms with van der Waals surface area (Å²) < 4.78 is 0. The minimum absolute atomic E-state index is 0.0135. The van der Waals surface area contributed by atoms with E-state index in [2.05, 4.69) is 4.98 Å². The second kappa shape index (κ2) is 4.48. The van der Waals surface area contributed by atoms with Crippen molar-refractivity contribution in [1.82, 2.24) is 4.98 Å². The third kappa shape index (κ3) is 2.49. The second-order valence-electron chi connectivity index (χ2n) is 3.22. The largest absolute Gasteiger partial charge is 0.399 e. The van der Waals surface area contributed by atoms with Crippen LogP contribution in [0.5, 0.6) is 0 Å². The van der Waals surface area contributed by atoms with E-state index < -0.39 is 0 Å². The zero-order valence-corrected chi connectivity index (χ0v) is 8.99. The SMILES string of the molecule is CC(CO)N(C)c1cc(N)cc(Cl)n1. The van der Waals surface area contributed by atoms with Crippen molar-refractivity contribution in [3.63, 3.8) is 0 Å². The van der Waals surface area contributed by atoms with E-state index >= 15 is 0 Å². The molecule has 0 saturated heterocycles. The van der Waals surface area contributed by atoms with Crippen molar-refractivity contribution in [1.29, 1.82) is 0 Å². The molecule has 0 aliphatic rings. The Kier molecular flexibility index (Phi) is 3.55. The Morgan fingerprint density at radius 1 is 1.64 bits per heavy atom. The fourth-order valence-electron chi connectivity index (χ4n) is 1.03. The van der Waals surface area contributed by atoms with Gasteiger partial charge in [-0.25, -0.2) is 4.98 Å². The van der Waals surface area contributed by atoms with Gasteiger partial charge in [0.2, 0.25) is 0 Å². The molecule has 78 valence electrons. The fourth-order valence-corrected chi connectivity index (χ4v) is 1.24. The van der Waals surface area contributed by atoms with Crippen LogP contribution in [0.4, 0.5) is 11.5 Å².